The first-order valence-electron chi connectivity index (χ1n) is 7.94. The predicted molar refractivity (Wildman–Crippen MR) is 87.5 cm³/mol. The molecule has 4 heteroatoms. The second-order valence-electron chi connectivity index (χ2n) is 6.99. The van der Waals surface area contributed by atoms with Gasteiger partial charge in [-0.05, 0) is 29.8 Å². The Kier molecular flexibility index (Phi) is 3.13. The van der Waals surface area contributed by atoms with Gasteiger partial charge in [0.2, 0.25) is 0 Å². The number of benzene rings is 2. The van der Waals surface area contributed by atoms with E-state index in [4.69, 9.17) is 4.74 Å². The zero-order chi connectivity index (χ0) is 16.2. The first kappa shape index (κ1) is 14.5. The molecule has 0 aliphatic carbocycles. The third-order valence-corrected chi connectivity index (χ3v) is 4.95. The van der Waals surface area contributed by atoms with E-state index in [1.165, 1.54) is 6.07 Å². The largest absolute Gasteiger partial charge is 0.485 e. The first-order chi connectivity index (χ1) is 11.0. The van der Waals surface area contributed by atoms with Gasteiger partial charge < -0.3 is 14.7 Å². The van der Waals surface area contributed by atoms with Crippen molar-refractivity contribution in [1.29, 1.82) is 0 Å². The van der Waals surface area contributed by atoms with E-state index < -0.39 is 0 Å². The fourth-order valence-electron chi connectivity index (χ4n) is 3.91. The van der Waals surface area contributed by atoms with Crippen LogP contribution in [0.2, 0.25) is 0 Å². The van der Waals surface area contributed by atoms with Crippen molar-refractivity contribution >= 4 is 5.69 Å². The van der Waals surface area contributed by atoms with E-state index in [1.807, 2.05) is 30.3 Å². The normalized spacial score (nSPS) is 24.3. The maximum Gasteiger partial charge on any atom is 0.146 e. The third kappa shape index (κ3) is 2.12. The number of para-hydroxylation sites is 1. The number of halogens is 1. The molecule has 0 aromatic heterocycles. The number of hydrogen-bond acceptors (Lipinski definition) is 3. The van der Waals surface area contributed by atoms with Crippen molar-refractivity contribution in [3.8, 4) is 5.75 Å². The van der Waals surface area contributed by atoms with Crippen LogP contribution in [-0.4, -0.2) is 24.4 Å². The smallest absolute Gasteiger partial charge is 0.146 e. The van der Waals surface area contributed by atoms with Crippen molar-refractivity contribution in [2.45, 2.75) is 31.4 Å². The molecular formula is C19H20FNO2. The number of nitrogens with zero attached hydrogens (tertiary/aromatic N) is 1. The molecule has 3 nitrogen and oxygen atoms in total. The number of fused-ring (bicyclic) bond motifs is 2. The molecule has 0 unspecified atom stereocenters. The summed E-state index contributed by atoms with van der Waals surface area (Å²) in [5.41, 5.74) is 2.98. The Balaban J connectivity index is 1.83. The van der Waals surface area contributed by atoms with Gasteiger partial charge >= 0.3 is 0 Å². The quantitative estimate of drug-likeness (QED) is 0.922. The Hall–Kier alpha value is -2.07. The zero-order valence-corrected chi connectivity index (χ0v) is 13.3. The van der Waals surface area contributed by atoms with Crippen LogP contribution in [0.5, 0.6) is 5.75 Å². The van der Waals surface area contributed by atoms with E-state index in [9.17, 15) is 9.50 Å². The molecule has 120 valence electrons. The van der Waals surface area contributed by atoms with Gasteiger partial charge in [-0.15, -0.1) is 0 Å². The summed E-state index contributed by atoms with van der Waals surface area (Å²) in [4.78, 5) is 2.25. The van der Waals surface area contributed by atoms with Gasteiger partial charge in [0.05, 0.1) is 12.6 Å². The number of aliphatic hydroxyl groups excluding tert-OH is 1. The lowest BCUT2D eigenvalue weighted by atomic mass is 9.87. The highest BCUT2D eigenvalue weighted by atomic mass is 19.1. The van der Waals surface area contributed by atoms with E-state index in [1.54, 1.807) is 6.07 Å². The fourth-order valence-corrected chi connectivity index (χ4v) is 3.91. The van der Waals surface area contributed by atoms with E-state index in [-0.39, 0.29) is 30.0 Å². The van der Waals surface area contributed by atoms with Crippen LogP contribution in [-0.2, 0) is 5.41 Å². The van der Waals surface area contributed by atoms with Gasteiger partial charge in [-0.3, -0.25) is 0 Å². The average molecular weight is 313 g/mol. The molecule has 0 amide bonds. The molecule has 0 radical (unpaired) electrons. The summed E-state index contributed by atoms with van der Waals surface area (Å²) in [6.07, 6.45) is -0.306. The maximum atomic E-state index is 13.7. The minimum absolute atomic E-state index is 0.0488. The Morgan fingerprint density at radius 3 is 2.83 bits per heavy atom. The molecule has 0 saturated heterocycles. The lowest BCUT2D eigenvalue weighted by molar-refractivity contribution is 0.114. The van der Waals surface area contributed by atoms with Gasteiger partial charge in [0, 0.05) is 23.2 Å². The third-order valence-electron chi connectivity index (χ3n) is 4.95. The molecule has 2 aromatic rings. The highest BCUT2D eigenvalue weighted by molar-refractivity contribution is 5.65. The van der Waals surface area contributed by atoms with Crippen LogP contribution < -0.4 is 9.64 Å². The minimum atomic E-state index is -0.306. The summed E-state index contributed by atoms with van der Waals surface area (Å²) in [6, 6.07) is 12.8. The molecule has 0 spiro atoms. The highest BCUT2D eigenvalue weighted by Gasteiger charge is 2.45. The molecule has 2 atom stereocenters. The Morgan fingerprint density at radius 2 is 2.04 bits per heavy atom. The van der Waals surface area contributed by atoms with E-state index in [2.05, 4.69) is 18.7 Å². The van der Waals surface area contributed by atoms with E-state index in [0.29, 0.717) is 0 Å². The highest BCUT2D eigenvalue weighted by Crippen LogP contribution is 2.49. The van der Waals surface area contributed by atoms with Crippen molar-refractivity contribution in [2.24, 2.45) is 0 Å². The zero-order valence-electron chi connectivity index (χ0n) is 13.3. The second-order valence-corrected chi connectivity index (χ2v) is 6.99. The SMILES string of the molecule is CC1(C)CN([C@H]2c3ccccc3O[C@H]2CO)c2ccc(F)cc21. The Bertz CT molecular complexity index is 759. The number of ether oxygens (including phenoxy) is 1. The lowest BCUT2D eigenvalue weighted by Crippen LogP contribution is -2.39. The maximum absolute atomic E-state index is 13.7. The summed E-state index contributed by atoms with van der Waals surface area (Å²) in [6.45, 7) is 4.97. The van der Waals surface area contributed by atoms with Crippen molar-refractivity contribution < 1.29 is 14.2 Å². The average Bonchev–Trinajstić information content (AvgIpc) is 3.02. The molecule has 2 aliphatic heterocycles. The monoisotopic (exact) mass is 313 g/mol. The van der Waals surface area contributed by atoms with Gasteiger partial charge in [-0.2, -0.15) is 0 Å². The Labute approximate surface area is 135 Å². The van der Waals surface area contributed by atoms with Gasteiger partial charge in [-0.25, -0.2) is 4.39 Å². The van der Waals surface area contributed by atoms with Crippen LogP contribution in [0.3, 0.4) is 0 Å². The van der Waals surface area contributed by atoms with Crippen LogP contribution in [0.25, 0.3) is 0 Å². The van der Waals surface area contributed by atoms with Gasteiger partial charge in [0.1, 0.15) is 17.7 Å². The lowest BCUT2D eigenvalue weighted by Gasteiger charge is -2.31. The predicted octanol–water partition coefficient (Wildman–Crippen LogP) is 3.42. The van der Waals surface area contributed by atoms with Gasteiger partial charge in [0.25, 0.3) is 0 Å². The molecule has 0 bridgehead atoms. The van der Waals surface area contributed by atoms with Crippen LogP contribution in [0, 0.1) is 5.82 Å². The number of aliphatic hydroxyl groups is 1. The molecule has 2 aromatic carbocycles. The Morgan fingerprint density at radius 1 is 1.26 bits per heavy atom. The van der Waals surface area contributed by atoms with Gasteiger partial charge in [0.15, 0.2) is 0 Å². The molecule has 0 saturated carbocycles. The van der Waals surface area contributed by atoms with E-state index >= 15 is 0 Å². The van der Waals surface area contributed by atoms with Crippen molar-refractivity contribution in [3.05, 3.63) is 59.4 Å². The molecule has 4 rings (SSSR count). The summed E-state index contributed by atoms with van der Waals surface area (Å²) in [7, 11) is 0. The fraction of sp³-hybridized carbons (Fsp3) is 0.368. The molecular weight excluding hydrogens is 293 g/mol. The number of hydrogen-bond donors (Lipinski definition) is 1. The van der Waals surface area contributed by atoms with E-state index in [0.717, 1.165) is 29.1 Å². The minimum Gasteiger partial charge on any atom is -0.485 e. The standard InChI is InChI=1S/C19H20FNO2/c1-19(2)11-21(15-8-7-12(20)9-14(15)19)18-13-5-3-4-6-16(13)23-17(18)10-22/h3-9,17-18,22H,10-11H2,1-2H3/t17-,18-/m0/s1. The molecule has 0 fully saturated rings. The summed E-state index contributed by atoms with van der Waals surface area (Å²) < 4.78 is 19.6. The van der Waals surface area contributed by atoms with Crippen LogP contribution in [0.1, 0.15) is 31.0 Å². The molecule has 2 aliphatic rings. The van der Waals surface area contributed by atoms with Crippen LogP contribution in [0.4, 0.5) is 10.1 Å². The van der Waals surface area contributed by atoms with Crippen molar-refractivity contribution in [3.63, 3.8) is 0 Å². The second kappa shape index (κ2) is 4.96. The van der Waals surface area contributed by atoms with Crippen LogP contribution >= 0.6 is 0 Å². The topological polar surface area (TPSA) is 32.7 Å². The van der Waals surface area contributed by atoms with Crippen molar-refractivity contribution in [1.82, 2.24) is 0 Å². The van der Waals surface area contributed by atoms with Crippen molar-refractivity contribution in [2.75, 3.05) is 18.1 Å². The first-order valence-corrected chi connectivity index (χ1v) is 7.94. The summed E-state index contributed by atoms with van der Waals surface area (Å²) >= 11 is 0. The number of anilines is 1. The molecule has 2 heterocycles. The molecule has 23 heavy (non-hydrogen) atoms. The number of rotatable bonds is 2. The summed E-state index contributed by atoms with van der Waals surface area (Å²) in [5.74, 6) is 0.616. The summed E-state index contributed by atoms with van der Waals surface area (Å²) in [5, 5.41) is 9.78. The van der Waals surface area contributed by atoms with Gasteiger partial charge in [-0.1, -0.05) is 32.0 Å². The van der Waals surface area contributed by atoms with Crippen LogP contribution in [0.15, 0.2) is 42.5 Å². The molecule has 1 N–H and O–H groups in total.